The summed E-state index contributed by atoms with van der Waals surface area (Å²) in [5, 5.41) is 5.24. The molecule has 9 heteroatoms. The number of anilines is 1. The van der Waals surface area contributed by atoms with Gasteiger partial charge in [-0.2, -0.15) is 0 Å². The average Bonchev–Trinajstić information content (AvgIpc) is 2.82. The van der Waals surface area contributed by atoms with Crippen molar-refractivity contribution in [3.63, 3.8) is 0 Å². The maximum atomic E-state index is 12.5. The molecule has 0 spiro atoms. The van der Waals surface area contributed by atoms with Crippen molar-refractivity contribution in [1.29, 1.82) is 0 Å². The van der Waals surface area contributed by atoms with Crippen molar-refractivity contribution >= 4 is 23.4 Å². The van der Waals surface area contributed by atoms with Gasteiger partial charge in [-0.1, -0.05) is 6.07 Å². The second-order valence-electron chi connectivity index (χ2n) is 6.70. The molecule has 2 rings (SSSR count). The number of hydrogen-bond donors (Lipinski definition) is 2. The normalized spacial score (nSPS) is 10.2. The van der Waals surface area contributed by atoms with Gasteiger partial charge in [0.05, 0.1) is 27.9 Å². The number of carbonyl (C=O) groups excluding carboxylic acids is 3. The van der Waals surface area contributed by atoms with Crippen LogP contribution in [0.15, 0.2) is 36.4 Å². The fraction of sp³-hybridized carbons (Fsp3) is 0.348. The van der Waals surface area contributed by atoms with Gasteiger partial charge in [0, 0.05) is 29.9 Å². The molecule has 0 unspecified atom stereocenters. The predicted octanol–water partition coefficient (Wildman–Crippen LogP) is 2.56. The van der Waals surface area contributed by atoms with Crippen LogP contribution >= 0.6 is 0 Å². The van der Waals surface area contributed by atoms with E-state index in [-0.39, 0.29) is 18.0 Å². The number of methoxy groups -OCH3 is 3. The van der Waals surface area contributed by atoms with Crippen molar-refractivity contribution in [2.45, 2.75) is 13.8 Å². The topological polar surface area (TPSA) is 106 Å². The van der Waals surface area contributed by atoms with Crippen molar-refractivity contribution in [1.82, 2.24) is 10.2 Å². The number of nitrogens with zero attached hydrogens (tertiary/aromatic N) is 1. The quantitative estimate of drug-likeness (QED) is 0.585. The molecular formula is C23H29N3O6. The maximum Gasteiger partial charge on any atom is 0.253 e. The van der Waals surface area contributed by atoms with E-state index in [1.54, 1.807) is 29.2 Å². The Morgan fingerprint density at radius 2 is 1.50 bits per heavy atom. The molecule has 2 aromatic carbocycles. The Balaban J connectivity index is 2.04. The first-order valence-electron chi connectivity index (χ1n) is 10.2. The van der Waals surface area contributed by atoms with E-state index in [4.69, 9.17) is 14.2 Å². The lowest BCUT2D eigenvalue weighted by Gasteiger charge is -2.19. The second kappa shape index (κ2) is 11.6. The van der Waals surface area contributed by atoms with E-state index in [0.29, 0.717) is 41.6 Å². The Labute approximate surface area is 187 Å². The van der Waals surface area contributed by atoms with E-state index in [1.807, 2.05) is 13.8 Å². The molecule has 0 aliphatic rings. The Hall–Kier alpha value is -3.75. The molecule has 172 valence electrons. The van der Waals surface area contributed by atoms with E-state index in [1.165, 1.54) is 33.5 Å². The highest BCUT2D eigenvalue weighted by Crippen LogP contribution is 2.38. The summed E-state index contributed by atoms with van der Waals surface area (Å²) in [7, 11) is 4.37. The SMILES string of the molecule is CCN(CC)C(=O)c1cccc(NC(=O)CNC(=O)c2cc(OC)c(OC)c(OC)c2)c1. The van der Waals surface area contributed by atoms with Crippen molar-refractivity contribution in [2.24, 2.45) is 0 Å². The lowest BCUT2D eigenvalue weighted by atomic mass is 10.1. The number of rotatable bonds is 10. The highest BCUT2D eigenvalue weighted by molar-refractivity contribution is 6.01. The van der Waals surface area contributed by atoms with Crippen LogP contribution in [0, 0.1) is 0 Å². The molecule has 2 aromatic rings. The molecule has 2 N–H and O–H groups in total. The van der Waals surface area contributed by atoms with Crippen LogP contribution in [0.2, 0.25) is 0 Å². The van der Waals surface area contributed by atoms with E-state index in [2.05, 4.69) is 10.6 Å². The van der Waals surface area contributed by atoms with Crippen molar-refractivity contribution < 1.29 is 28.6 Å². The van der Waals surface area contributed by atoms with Gasteiger partial charge < -0.3 is 29.7 Å². The van der Waals surface area contributed by atoms with Gasteiger partial charge in [0.15, 0.2) is 11.5 Å². The molecule has 0 radical (unpaired) electrons. The molecule has 0 saturated carbocycles. The van der Waals surface area contributed by atoms with Gasteiger partial charge in [-0.15, -0.1) is 0 Å². The highest BCUT2D eigenvalue weighted by Gasteiger charge is 2.18. The standard InChI is InChI=1S/C23H29N3O6/c1-6-26(7-2)23(29)15-9-8-10-17(11-15)25-20(27)14-24-22(28)16-12-18(30-3)21(32-5)19(13-16)31-4/h8-13H,6-7,14H2,1-5H3,(H,24,28)(H,25,27). The zero-order chi connectivity index (χ0) is 23.7. The van der Waals surface area contributed by atoms with Crippen LogP contribution in [-0.2, 0) is 4.79 Å². The van der Waals surface area contributed by atoms with E-state index in [0.717, 1.165) is 0 Å². The zero-order valence-electron chi connectivity index (χ0n) is 19.0. The lowest BCUT2D eigenvalue weighted by Crippen LogP contribution is -2.33. The van der Waals surface area contributed by atoms with Crippen LogP contribution in [0.4, 0.5) is 5.69 Å². The lowest BCUT2D eigenvalue weighted by molar-refractivity contribution is -0.115. The minimum Gasteiger partial charge on any atom is -0.493 e. The van der Waals surface area contributed by atoms with Crippen LogP contribution in [-0.4, -0.2) is 63.6 Å². The molecule has 0 aliphatic carbocycles. The first-order chi connectivity index (χ1) is 15.4. The second-order valence-corrected chi connectivity index (χ2v) is 6.70. The largest absolute Gasteiger partial charge is 0.493 e. The first-order valence-corrected chi connectivity index (χ1v) is 10.2. The molecule has 0 bridgehead atoms. The molecule has 0 heterocycles. The molecule has 0 atom stereocenters. The minimum absolute atomic E-state index is 0.109. The Kier molecular flexibility index (Phi) is 8.88. The number of ether oxygens (including phenoxy) is 3. The van der Waals surface area contributed by atoms with E-state index >= 15 is 0 Å². The molecule has 0 aromatic heterocycles. The summed E-state index contributed by atoms with van der Waals surface area (Å²) >= 11 is 0. The third kappa shape index (κ3) is 5.90. The molecule has 0 fully saturated rings. The Morgan fingerprint density at radius 1 is 0.875 bits per heavy atom. The van der Waals surface area contributed by atoms with Gasteiger partial charge in [0.2, 0.25) is 11.7 Å². The summed E-state index contributed by atoms with van der Waals surface area (Å²) in [5.74, 6) is 0.000558. The summed E-state index contributed by atoms with van der Waals surface area (Å²) in [6, 6.07) is 9.68. The third-order valence-electron chi connectivity index (χ3n) is 4.78. The fourth-order valence-corrected chi connectivity index (χ4v) is 3.10. The zero-order valence-corrected chi connectivity index (χ0v) is 19.0. The van der Waals surface area contributed by atoms with E-state index < -0.39 is 11.8 Å². The van der Waals surface area contributed by atoms with Gasteiger partial charge in [-0.3, -0.25) is 14.4 Å². The maximum absolute atomic E-state index is 12.5. The number of benzene rings is 2. The van der Waals surface area contributed by atoms with Crippen molar-refractivity contribution in [3.05, 3.63) is 47.5 Å². The third-order valence-corrected chi connectivity index (χ3v) is 4.78. The molecule has 3 amide bonds. The molecule has 32 heavy (non-hydrogen) atoms. The van der Waals surface area contributed by atoms with Crippen LogP contribution < -0.4 is 24.8 Å². The van der Waals surface area contributed by atoms with E-state index in [9.17, 15) is 14.4 Å². The predicted molar refractivity (Wildman–Crippen MR) is 121 cm³/mol. The van der Waals surface area contributed by atoms with Crippen LogP contribution in [0.25, 0.3) is 0 Å². The molecule has 0 saturated heterocycles. The van der Waals surface area contributed by atoms with Gasteiger partial charge in [0.25, 0.3) is 11.8 Å². The number of nitrogens with one attached hydrogen (secondary N) is 2. The molecule has 9 nitrogen and oxygen atoms in total. The Bertz CT molecular complexity index is 947. The first kappa shape index (κ1) is 24.5. The summed E-state index contributed by atoms with van der Waals surface area (Å²) in [4.78, 5) is 39.0. The summed E-state index contributed by atoms with van der Waals surface area (Å²) in [5.41, 5.74) is 1.20. The number of amides is 3. The van der Waals surface area contributed by atoms with Gasteiger partial charge >= 0.3 is 0 Å². The Morgan fingerprint density at radius 3 is 2.03 bits per heavy atom. The number of hydrogen-bond acceptors (Lipinski definition) is 6. The fourth-order valence-electron chi connectivity index (χ4n) is 3.10. The smallest absolute Gasteiger partial charge is 0.253 e. The van der Waals surface area contributed by atoms with Gasteiger partial charge in [0.1, 0.15) is 0 Å². The summed E-state index contributed by atoms with van der Waals surface area (Å²) in [6.45, 7) is 4.74. The monoisotopic (exact) mass is 443 g/mol. The highest BCUT2D eigenvalue weighted by atomic mass is 16.5. The summed E-state index contributed by atoms with van der Waals surface area (Å²) < 4.78 is 15.7. The summed E-state index contributed by atoms with van der Waals surface area (Å²) in [6.07, 6.45) is 0. The molecule has 0 aliphatic heterocycles. The number of carbonyl (C=O) groups is 3. The van der Waals surface area contributed by atoms with Crippen molar-refractivity contribution in [3.8, 4) is 17.2 Å². The van der Waals surface area contributed by atoms with Crippen LogP contribution in [0.1, 0.15) is 34.6 Å². The van der Waals surface area contributed by atoms with Gasteiger partial charge in [-0.25, -0.2) is 0 Å². The minimum atomic E-state index is -0.482. The van der Waals surface area contributed by atoms with Crippen molar-refractivity contribution in [2.75, 3.05) is 46.3 Å². The average molecular weight is 444 g/mol. The van der Waals surface area contributed by atoms with Crippen LogP contribution in [0.3, 0.4) is 0 Å². The molecular weight excluding hydrogens is 414 g/mol. The van der Waals surface area contributed by atoms with Crippen LogP contribution in [0.5, 0.6) is 17.2 Å². The van der Waals surface area contributed by atoms with Gasteiger partial charge in [-0.05, 0) is 44.2 Å².